The molecule has 0 fully saturated rings. The first-order valence-corrected chi connectivity index (χ1v) is 10.7. The molecule has 3 atom stereocenters. The molecule has 29 heavy (non-hydrogen) atoms. The minimum Gasteiger partial charge on any atom is -0.480 e. The highest BCUT2D eigenvalue weighted by Gasteiger charge is 2.22. The molecule has 0 spiro atoms. The minimum atomic E-state index is -1.02. The summed E-state index contributed by atoms with van der Waals surface area (Å²) in [5.41, 5.74) is 5.22. The summed E-state index contributed by atoms with van der Waals surface area (Å²) in [6.45, 7) is 7.55. The summed E-state index contributed by atoms with van der Waals surface area (Å²) in [6, 6.07) is -2.28. The van der Waals surface area contributed by atoms with Gasteiger partial charge in [-0.15, -0.1) is 0 Å². The molecule has 0 aromatic rings. The highest BCUT2D eigenvalue weighted by molar-refractivity contribution is 5.77. The maximum Gasteiger partial charge on any atom is 0.320 e. The second kappa shape index (κ2) is 18.4. The van der Waals surface area contributed by atoms with Crippen molar-refractivity contribution in [2.24, 2.45) is 11.7 Å². The zero-order valence-corrected chi connectivity index (χ0v) is 18.5. The molecular formula is C21H42N2O6. The predicted molar refractivity (Wildman–Crippen MR) is 114 cm³/mol. The van der Waals surface area contributed by atoms with Gasteiger partial charge in [-0.3, -0.25) is 19.7 Å². The van der Waals surface area contributed by atoms with Crippen molar-refractivity contribution in [3.63, 3.8) is 0 Å². The molecule has 0 aliphatic carbocycles. The molecule has 0 radical (unpaired) electrons. The Hall–Kier alpha value is -1.67. The van der Waals surface area contributed by atoms with Crippen molar-refractivity contribution in [2.75, 3.05) is 0 Å². The Morgan fingerprint density at radius 2 is 1.28 bits per heavy atom. The molecule has 0 amide bonds. The van der Waals surface area contributed by atoms with Crippen LogP contribution in [0.25, 0.3) is 0 Å². The summed E-state index contributed by atoms with van der Waals surface area (Å²) in [7, 11) is 0. The van der Waals surface area contributed by atoms with Gasteiger partial charge in [-0.05, 0) is 25.7 Å². The lowest BCUT2D eigenvalue weighted by Crippen LogP contribution is -2.45. The lowest BCUT2D eigenvalue weighted by atomic mass is 10.0. The van der Waals surface area contributed by atoms with Crippen LogP contribution in [0.1, 0.15) is 91.9 Å². The molecule has 8 nitrogen and oxygen atoms in total. The summed E-state index contributed by atoms with van der Waals surface area (Å²) in [4.78, 5) is 31.9. The molecule has 0 saturated carbocycles. The monoisotopic (exact) mass is 418 g/mol. The third-order valence-corrected chi connectivity index (χ3v) is 4.51. The molecule has 0 aliphatic rings. The number of rotatable bonds is 16. The van der Waals surface area contributed by atoms with E-state index in [0.717, 1.165) is 19.3 Å². The lowest BCUT2D eigenvalue weighted by molar-refractivity contribution is -0.142. The number of nitrogens with one attached hydrogen (secondary N) is 1. The van der Waals surface area contributed by atoms with Gasteiger partial charge >= 0.3 is 17.9 Å². The SMILES string of the molecule is CC(C)C[C@H](N)C(=O)O.CCCCCCCCCCC(N[C@H](C)C(=O)O)C(=O)O. The van der Waals surface area contributed by atoms with Crippen LogP contribution in [-0.2, 0) is 14.4 Å². The first-order valence-electron chi connectivity index (χ1n) is 10.7. The number of carbonyl (C=O) groups is 3. The van der Waals surface area contributed by atoms with E-state index in [1.807, 2.05) is 13.8 Å². The van der Waals surface area contributed by atoms with Crippen molar-refractivity contribution < 1.29 is 29.7 Å². The van der Waals surface area contributed by atoms with Crippen molar-refractivity contribution in [2.45, 2.75) is 110 Å². The van der Waals surface area contributed by atoms with Crippen molar-refractivity contribution in [1.29, 1.82) is 0 Å². The van der Waals surface area contributed by atoms with E-state index in [1.165, 1.54) is 39.0 Å². The smallest absolute Gasteiger partial charge is 0.320 e. The van der Waals surface area contributed by atoms with Gasteiger partial charge in [-0.25, -0.2) is 0 Å². The van der Waals surface area contributed by atoms with Gasteiger partial charge in [0.15, 0.2) is 0 Å². The molecular weight excluding hydrogens is 376 g/mol. The standard InChI is InChI=1S/C15H29NO4.C6H13NO2/c1-3-4-5-6-7-8-9-10-11-13(15(19)20)16-12(2)14(17)18;1-4(2)3-5(7)6(8)9/h12-13,16H,3-11H2,1-2H3,(H,17,18)(H,19,20);4-5H,3,7H2,1-2H3,(H,8,9)/t12-,13?;5-/m10/s1. The highest BCUT2D eigenvalue weighted by Crippen LogP contribution is 2.11. The molecule has 1 unspecified atom stereocenters. The Kier molecular flexibility index (Phi) is 18.7. The summed E-state index contributed by atoms with van der Waals surface area (Å²) in [5, 5.41) is 28.8. The Bertz CT molecular complexity index is 456. The molecule has 0 aromatic carbocycles. The summed E-state index contributed by atoms with van der Waals surface area (Å²) in [6.07, 6.45) is 10.3. The molecule has 0 aliphatic heterocycles. The number of hydrogen-bond donors (Lipinski definition) is 5. The maximum absolute atomic E-state index is 11.0. The molecule has 172 valence electrons. The average molecular weight is 419 g/mol. The largest absolute Gasteiger partial charge is 0.480 e. The summed E-state index contributed by atoms with van der Waals surface area (Å²) in [5.74, 6) is -2.55. The fraction of sp³-hybridized carbons (Fsp3) is 0.857. The van der Waals surface area contributed by atoms with Gasteiger partial charge in [-0.2, -0.15) is 0 Å². The zero-order valence-electron chi connectivity index (χ0n) is 18.5. The molecule has 8 heteroatoms. The number of aliphatic carboxylic acids is 3. The van der Waals surface area contributed by atoms with Crippen LogP contribution in [0.15, 0.2) is 0 Å². The van der Waals surface area contributed by atoms with Crippen molar-refractivity contribution >= 4 is 17.9 Å². The van der Waals surface area contributed by atoms with Crippen LogP contribution < -0.4 is 11.1 Å². The number of carboxylic acid groups (broad SMARTS) is 3. The van der Waals surface area contributed by atoms with Crippen LogP contribution in [0.4, 0.5) is 0 Å². The fourth-order valence-corrected chi connectivity index (χ4v) is 2.74. The quantitative estimate of drug-likeness (QED) is 0.239. The van der Waals surface area contributed by atoms with Gasteiger partial charge in [0.2, 0.25) is 0 Å². The maximum atomic E-state index is 11.0. The topological polar surface area (TPSA) is 150 Å². The Morgan fingerprint density at radius 3 is 1.62 bits per heavy atom. The lowest BCUT2D eigenvalue weighted by Gasteiger charge is -2.17. The van der Waals surface area contributed by atoms with Gasteiger partial charge in [-0.1, -0.05) is 72.1 Å². The van der Waals surface area contributed by atoms with Crippen molar-refractivity contribution in [3.8, 4) is 0 Å². The van der Waals surface area contributed by atoms with E-state index in [9.17, 15) is 14.4 Å². The fourth-order valence-electron chi connectivity index (χ4n) is 2.74. The van der Waals surface area contributed by atoms with E-state index in [2.05, 4.69) is 12.2 Å². The number of carboxylic acids is 3. The van der Waals surface area contributed by atoms with Gasteiger partial charge in [0.05, 0.1) is 0 Å². The van der Waals surface area contributed by atoms with E-state index in [1.54, 1.807) is 0 Å². The Morgan fingerprint density at radius 1 is 0.793 bits per heavy atom. The van der Waals surface area contributed by atoms with E-state index in [-0.39, 0.29) is 0 Å². The normalized spacial score (nSPS) is 13.9. The molecule has 0 saturated heterocycles. The van der Waals surface area contributed by atoms with Gasteiger partial charge in [0.25, 0.3) is 0 Å². The molecule has 0 bridgehead atoms. The summed E-state index contributed by atoms with van der Waals surface area (Å²) >= 11 is 0. The Labute approximate surface area is 175 Å². The van der Waals surface area contributed by atoms with Gasteiger partial charge < -0.3 is 21.1 Å². The second-order valence-electron chi connectivity index (χ2n) is 7.96. The number of nitrogens with two attached hydrogens (primary N) is 1. The van der Waals surface area contributed by atoms with Crippen LogP contribution >= 0.6 is 0 Å². The predicted octanol–water partition coefficient (Wildman–Crippen LogP) is 3.48. The summed E-state index contributed by atoms with van der Waals surface area (Å²) < 4.78 is 0. The van der Waals surface area contributed by atoms with Gasteiger partial charge in [0.1, 0.15) is 18.1 Å². The first kappa shape index (κ1) is 29.5. The minimum absolute atomic E-state index is 0.357. The molecule has 6 N–H and O–H groups in total. The second-order valence-corrected chi connectivity index (χ2v) is 7.96. The highest BCUT2D eigenvalue weighted by atomic mass is 16.4. The zero-order chi connectivity index (χ0) is 22.8. The van der Waals surface area contributed by atoms with Gasteiger partial charge in [0, 0.05) is 0 Å². The molecule has 0 rings (SSSR count). The van der Waals surface area contributed by atoms with E-state index < -0.39 is 36.0 Å². The van der Waals surface area contributed by atoms with Crippen LogP contribution in [0.2, 0.25) is 0 Å². The third-order valence-electron chi connectivity index (χ3n) is 4.51. The van der Waals surface area contributed by atoms with Crippen LogP contribution in [0.3, 0.4) is 0 Å². The number of hydrogen-bond acceptors (Lipinski definition) is 5. The first-order chi connectivity index (χ1) is 13.5. The molecule has 0 heterocycles. The van der Waals surface area contributed by atoms with Crippen molar-refractivity contribution in [3.05, 3.63) is 0 Å². The van der Waals surface area contributed by atoms with Crippen LogP contribution in [0.5, 0.6) is 0 Å². The number of unbranched alkanes of at least 4 members (excludes halogenated alkanes) is 7. The molecule has 0 aromatic heterocycles. The average Bonchev–Trinajstić information content (AvgIpc) is 2.62. The van der Waals surface area contributed by atoms with E-state index in [0.29, 0.717) is 18.8 Å². The van der Waals surface area contributed by atoms with Crippen molar-refractivity contribution in [1.82, 2.24) is 5.32 Å². The van der Waals surface area contributed by atoms with E-state index in [4.69, 9.17) is 21.1 Å². The van der Waals surface area contributed by atoms with Crippen LogP contribution in [-0.4, -0.2) is 51.4 Å². The Balaban J connectivity index is 0. The third kappa shape index (κ3) is 19.4. The van der Waals surface area contributed by atoms with Crippen LogP contribution in [0, 0.1) is 5.92 Å². The van der Waals surface area contributed by atoms with E-state index >= 15 is 0 Å².